The van der Waals surface area contributed by atoms with Crippen molar-refractivity contribution in [1.29, 1.82) is 0 Å². The van der Waals surface area contributed by atoms with Crippen LogP contribution in [0.1, 0.15) is 42.9 Å². The molecule has 0 radical (unpaired) electrons. The Balaban J connectivity index is 1.74. The van der Waals surface area contributed by atoms with Gasteiger partial charge >= 0.3 is 6.03 Å². The molecule has 1 saturated carbocycles. The second-order valence-corrected chi connectivity index (χ2v) is 8.75. The van der Waals surface area contributed by atoms with E-state index in [1.165, 1.54) is 0 Å². The zero-order chi connectivity index (χ0) is 19.9. The minimum absolute atomic E-state index is 0.297. The van der Waals surface area contributed by atoms with Crippen LogP contribution >= 0.6 is 0 Å². The number of nitrogens with one attached hydrogen (secondary N) is 2. The van der Waals surface area contributed by atoms with E-state index >= 15 is 0 Å². The Hall–Kier alpha value is -2.16. The van der Waals surface area contributed by atoms with Crippen molar-refractivity contribution in [1.82, 2.24) is 15.5 Å². The number of amides is 3. The monoisotopic (exact) mass is 387 g/mol. The number of piperidine rings is 1. The summed E-state index contributed by atoms with van der Waals surface area (Å²) >= 11 is 0. The van der Waals surface area contributed by atoms with Crippen molar-refractivity contribution in [3.8, 4) is 5.75 Å². The molecule has 8 heteroatoms. The molecule has 1 spiro atoms. The number of likely N-dealkylation sites (N-methyl/N-ethyl adjacent to an activating group) is 1. The van der Waals surface area contributed by atoms with E-state index in [-0.39, 0.29) is 5.91 Å². The maximum absolute atomic E-state index is 12.7. The number of fused-ring (bicyclic) bond motifs is 1. The van der Waals surface area contributed by atoms with Crippen LogP contribution in [0.5, 0.6) is 5.75 Å². The number of carbonyl (C=O) groups excluding carboxylic acids is 2. The van der Waals surface area contributed by atoms with Gasteiger partial charge in [-0.15, -0.1) is 0 Å². The van der Waals surface area contributed by atoms with Crippen LogP contribution in [0, 0.1) is 0 Å². The Labute approximate surface area is 162 Å². The first kappa shape index (κ1) is 17.9. The summed E-state index contributed by atoms with van der Waals surface area (Å²) in [5.41, 5.74) is -1.44. The maximum atomic E-state index is 12.7. The van der Waals surface area contributed by atoms with Gasteiger partial charge in [-0.1, -0.05) is 6.07 Å². The van der Waals surface area contributed by atoms with E-state index in [1.54, 1.807) is 13.2 Å². The molecular formula is C20H25N3O5. The van der Waals surface area contributed by atoms with Crippen LogP contribution in [-0.2, 0) is 10.2 Å². The van der Waals surface area contributed by atoms with E-state index in [9.17, 15) is 19.8 Å². The third kappa shape index (κ3) is 1.95. The van der Waals surface area contributed by atoms with Crippen LogP contribution in [0.3, 0.4) is 0 Å². The predicted molar refractivity (Wildman–Crippen MR) is 98.9 cm³/mol. The highest BCUT2D eigenvalue weighted by Gasteiger charge is 2.70. The lowest BCUT2D eigenvalue weighted by molar-refractivity contribution is -0.202. The van der Waals surface area contributed by atoms with Crippen molar-refractivity contribution < 1.29 is 24.5 Å². The third-order valence-corrected chi connectivity index (χ3v) is 7.63. The molecule has 8 nitrogen and oxygen atoms in total. The number of aliphatic hydroxyl groups excluding tert-OH is 1. The van der Waals surface area contributed by atoms with Crippen LogP contribution in [0.25, 0.3) is 0 Å². The molecule has 2 saturated heterocycles. The zero-order valence-corrected chi connectivity index (χ0v) is 16.0. The topological polar surface area (TPSA) is 111 Å². The van der Waals surface area contributed by atoms with Crippen molar-refractivity contribution in [3.05, 3.63) is 29.3 Å². The molecule has 28 heavy (non-hydrogen) atoms. The number of imide groups is 1. The van der Waals surface area contributed by atoms with Gasteiger partial charge in [0.25, 0.3) is 5.91 Å². The summed E-state index contributed by atoms with van der Waals surface area (Å²) in [4.78, 5) is 26.6. The summed E-state index contributed by atoms with van der Waals surface area (Å²) in [6, 6.07) is 4.57. The Morgan fingerprint density at radius 3 is 2.71 bits per heavy atom. The Morgan fingerprint density at radius 1 is 1.25 bits per heavy atom. The summed E-state index contributed by atoms with van der Waals surface area (Å²) < 4.78 is 5.42. The van der Waals surface area contributed by atoms with Crippen molar-refractivity contribution in [2.24, 2.45) is 0 Å². The maximum Gasteiger partial charge on any atom is 0.322 e. The lowest BCUT2D eigenvalue weighted by Crippen LogP contribution is -2.76. The number of urea groups is 1. The summed E-state index contributed by atoms with van der Waals surface area (Å²) in [7, 11) is 3.49. The smallest absolute Gasteiger partial charge is 0.322 e. The van der Waals surface area contributed by atoms with Gasteiger partial charge in [0.15, 0.2) is 0 Å². The average Bonchev–Trinajstić information content (AvgIpc) is 2.94. The molecule has 4 N–H and O–H groups in total. The highest BCUT2D eigenvalue weighted by molar-refractivity contribution is 6.07. The molecule has 0 aromatic heterocycles. The molecule has 2 heterocycles. The highest BCUT2D eigenvalue weighted by atomic mass is 16.5. The molecule has 2 aliphatic carbocycles. The fraction of sp³-hybridized carbons (Fsp3) is 0.600. The first-order valence-electron chi connectivity index (χ1n) is 9.69. The van der Waals surface area contributed by atoms with Crippen LogP contribution in [-0.4, -0.2) is 64.9 Å². The number of likely N-dealkylation sites (tertiary alicyclic amines) is 1. The molecule has 5 rings (SSSR count). The molecule has 3 amide bonds. The minimum Gasteiger partial charge on any atom is -0.497 e. The molecule has 3 fully saturated rings. The fourth-order valence-electron chi connectivity index (χ4n) is 6.31. The summed E-state index contributed by atoms with van der Waals surface area (Å²) in [6.45, 7) is 0.673. The first-order chi connectivity index (χ1) is 13.3. The van der Waals surface area contributed by atoms with Gasteiger partial charge in [-0.25, -0.2) is 4.79 Å². The van der Waals surface area contributed by atoms with Crippen LogP contribution in [0.4, 0.5) is 4.79 Å². The number of benzene rings is 1. The van der Waals surface area contributed by atoms with Crippen LogP contribution < -0.4 is 15.4 Å². The van der Waals surface area contributed by atoms with Crippen LogP contribution in [0.15, 0.2) is 18.2 Å². The van der Waals surface area contributed by atoms with Gasteiger partial charge in [0.2, 0.25) is 0 Å². The lowest BCUT2D eigenvalue weighted by Gasteiger charge is -2.66. The molecule has 5 atom stereocenters. The number of nitrogens with zero attached hydrogens (tertiary/aromatic N) is 1. The van der Waals surface area contributed by atoms with Gasteiger partial charge < -0.3 is 20.3 Å². The highest BCUT2D eigenvalue weighted by Crippen LogP contribution is 2.62. The third-order valence-electron chi connectivity index (χ3n) is 7.63. The number of ether oxygens (including phenoxy) is 1. The summed E-state index contributed by atoms with van der Waals surface area (Å²) in [6.07, 6.45) is 0.715. The number of aliphatic hydroxyl groups is 2. The van der Waals surface area contributed by atoms with Gasteiger partial charge in [0.1, 0.15) is 11.3 Å². The van der Waals surface area contributed by atoms with E-state index in [4.69, 9.17) is 4.74 Å². The van der Waals surface area contributed by atoms with Gasteiger partial charge in [-0.3, -0.25) is 15.0 Å². The summed E-state index contributed by atoms with van der Waals surface area (Å²) in [5, 5.41) is 28.4. The number of carbonyl (C=O) groups is 2. The predicted octanol–water partition coefficient (Wildman–Crippen LogP) is 0.177. The summed E-state index contributed by atoms with van der Waals surface area (Å²) in [5.74, 6) is 0.305. The molecule has 4 aliphatic rings. The number of hydrogen-bond donors (Lipinski definition) is 4. The van der Waals surface area contributed by atoms with E-state index in [2.05, 4.69) is 10.6 Å². The Bertz CT molecular complexity index is 891. The van der Waals surface area contributed by atoms with E-state index in [0.29, 0.717) is 38.0 Å². The van der Waals surface area contributed by atoms with E-state index in [0.717, 1.165) is 11.1 Å². The van der Waals surface area contributed by atoms with Gasteiger partial charge in [0.05, 0.1) is 24.9 Å². The van der Waals surface area contributed by atoms with Crippen LogP contribution in [0.2, 0.25) is 0 Å². The van der Waals surface area contributed by atoms with Gasteiger partial charge in [-0.05, 0) is 62.5 Å². The molecule has 1 aromatic rings. The Morgan fingerprint density at radius 2 is 2.04 bits per heavy atom. The largest absolute Gasteiger partial charge is 0.497 e. The second-order valence-electron chi connectivity index (χ2n) is 8.75. The average molecular weight is 387 g/mol. The van der Waals surface area contributed by atoms with Crippen molar-refractivity contribution in [2.45, 2.75) is 54.4 Å². The van der Waals surface area contributed by atoms with Crippen molar-refractivity contribution >= 4 is 11.9 Å². The fourth-order valence-corrected chi connectivity index (χ4v) is 6.31. The number of hydrogen-bond acceptors (Lipinski definition) is 6. The molecule has 0 unspecified atom stereocenters. The first-order valence-corrected chi connectivity index (χ1v) is 9.69. The number of methoxy groups -OCH3 is 1. The molecule has 2 aliphatic heterocycles. The van der Waals surface area contributed by atoms with Gasteiger partial charge in [-0.2, -0.15) is 0 Å². The zero-order valence-electron chi connectivity index (χ0n) is 16.0. The van der Waals surface area contributed by atoms with Crippen molar-refractivity contribution in [2.75, 3.05) is 20.7 Å². The van der Waals surface area contributed by atoms with E-state index in [1.807, 2.05) is 24.1 Å². The van der Waals surface area contributed by atoms with Gasteiger partial charge in [0, 0.05) is 5.41 Å². The quantitative estimate of drug-likeness (QED) is 0.512. The van der Waals surface area contributed by atoms with Crippen molar-refractivity contribution in [3.63, 3.8) is 0 Å². The molecular weight excluding hydrogens is 362 g/mol. The number of rotatable bonds is 1. The second kappa shape index (κ2) is 5.46. The molecule has 150 valence electrons. The SMILES string of the molecule is COc1ccc2c(c1)[C@]13CCN(C)[C@H]([C@@H]2O)[C@]1(O)CC[C@@]1(C3)NC(=O)NC1=O. The lowest BCUT2D eigenvalue weighted by atomic mass is 9.46. The normalized spacial score (nSPS) is 41.9. The van der Waals surface area contributed by atoms with E-state index < -0.39 is 34.7 Å². The molecule has 1 aromatic carbocycles. The minimum atomic E-state index is -1.21. The molecule has 2 bridgehead atoms. The Kier molecular flexibility index (Phi) is 3.49. The standard InChI is InChI=1S/C20H25N3O5/c1-23-8-7-18-10-19(16(25)21-17(26)22-19)5-6-20(18,27)15(23)14(24)12-4-3-11(28-2)9-13(12)18/h3-4,9,14-15,24,27H,5-8,10H2,1-2H3,(H2,21,22,25,26)/t14-,15-,18-,19+,20-/m1/s1.